The van der Waals surface area contributed by atoms with Crippen LogP contribution in [-0.4, -0.2) is 18.2 Å². The lowest BCUT2D eigenvalue weighted by atomic mass is 9.80. The largest absolute Gasteiger partial charge is 0.327 e. The van der Waals surface area contributed by atoms with Crippen LogP contribution in [0.25, 0.3) is 0 Å². The smallest absolute Gasteiger partial charge is 0.0568 e. The van der Waals surface area contributed by atoms with E-state index < -0.39 is 0 Å². The molecule has 5 atom stereocenters. The van der Waals surface area contributed by atoms with Crippen molar-refractivity contribution in [3.05, 3.63) is 0 Å². The van der Waals surface area contributed by atoms with Gasteiger partial charge < -0.3 is 22.9 Å². The molecular weight excluding hydrogens is 152 g/mol. The van der Waals surface area contributed by atoms with E-state index in [1.807, 2.05) is 0 Å². The van der Waals surface area contributed by atoms with Crippen LogP contribution in [0.15, 0.2) is 0 Å². The quantitative estimate of drug-likeness (QED) is 0.361. The third kappa shape index (κ3) is 0.992. The molecule has 0 aromatic carbocycles. The maximum absolute atomic E-state index is 6.01. The van der Waals surface area contributed by atoms with Crippen molar-refractivity contribution in [1.29, 1.82) is 0 Å². The molecule has 0 aromatic heterocycles. The number of hydrogen-bond donors (Lipinski definition) is 4. The van der Waals surface area contributed by atoms with Gasteiger partial charge in [-0.05, 0) is 24.7 Å². The molecule has 0 amide bonds. The predicted octanol–water partition coefficient (Wildman–Crippen LogP) is -1.46. The first-order chi connectivity index (χ1) is 5.61. The maximum atomic E-state index is 6.01. The lowest BCUT2D eigenvalue weighted by molar-refractivity contribution is 0.224. The van der Waals surface area contributed by atoms with Crippen LogP contribution < -0.4 is 22.9 Å². The summed E-state index contributed by atoms with van der Waals surface area (Å²) in [5.41, 5.74) is 23.3. The summed E-state index contributed by atoms with van der Waals surface area (Å²) >= 11 is 0. The van der Waals surface area contributed by atoms with Crippen LogP contribution in [0.1, 0.15) is 12.8 Å². The van der Waals surface area contributed by atoms with Gasteiger partial charge in [0, 0.05) is 18.0 Å². The number of hydrogen-bond acceptors (Lipinski definition) is 4. The zero-order valence-corrected chi connectivity index (χ0v) is 7.19. The van der Waals surface area contributed by atoms with Crippen molar-refractivity contribution >= 4 is 0 Å². The molecule has 0 heterocycles. The Hall–Kier alpha value is -0.160. The van der Waals surface area contributed by atoms with Crippen molar-refractivity contribution in [1.82, 2.24) is 0 Å². The summed E-state index contributed by atoms with van der Waals surface area (Å²) in [4.78, 5) is 0. The Morgan fingerprint density at radius 3 is 2.17 bits per heavy atom. The van der Waals surface area contributed by atoms with Crippen molar-refractivity contribution in [2.75, 3.05) is 0 Å². The number of rotatable bonds is 1. The summed E-state index contributed by atoms with van der Waals surface area (Å²) in [6, 6.07) is 0.476. The molecule has 2 aliphatic rings. The van der Waals surface area contributed by atoms with Gasteiger partial charge >= 0.3 is 0 Å². The van der Waals surface area contributed by atoms with Gasteiger partial charge in [-0.25, -0.2) is 0 Å². The van der Waals surface area contributed by atoms with Crippen molar-refractivity contribution < 1.29 is 0 Å². The minimum Gasteiger partial charge on any atom is -0.327 e. The predicted molar refractivity (Wildman–Crippen MR) is 47.8 cm³/mol. The molecule has 2 fully saturated rings. The van der Waals surface area contributed by atoms with Crippen LogP contribution in [0.5, 0.6) is 0 Å². The third-order valence-electron chi connectivity index (χ3n) is 3.63. The summed E-state index contributed by atoms with van der Waals surface area (Å²) in [7, 11) is 0. The van der Waals surface area contributed by atoms with E-state index in [-0.39, 0.29) is 24.2 Å². The van der Waals surface area contributed by atoms with Crippen LogP contribution in [0.2, 0.25) is 0 Å². The van der Waals surface area contributed by atoms with E-state index in [4.69, 9.17) is 22.9 Å². The van der Waals surface area contributed by atoms with E-state index >= 15 is 0 Å². The Morgan fingerprint density at radius 1 is 1.08 bits per heavy atom. The molecule has 2 aliphatic carbocycles. The van der Waals surface area contributed by atoms with E-state index in [9.17, 15) is 0 Å². The Labute approximate surface area is 72.6 Å². The van der Waals surface area contributed by atoms with Gasteiger partial charge in [0.15, 0.2) is 0 Å². The molecule has 2 rings (SSSR count). The fourth-order valence-corrected chi connectivity index (χ4v) is 3.04. The molecule has 0 saturated heterocycles. The van der Waals surface area contributed by atoms with Gasteiger partial charge in [0.25, 0.3) is 0 Å². The lowest BCUT2D eigenvalue weighted by Crippen LogP contribution is -2.54. The molecule has 70 valence electrons. The second kappa shape index (κ2) is 2.67. The molecule has 5 unspecified atom stereocenters. The summed E-state index contributed by atoms with van der Waals surface area (Å²) in [5.74, 6) is 1.30. The summed E-state index contributed by atoms with van der Waals surface area (Å²) in [5, 5.41) is 0. The summed E-state index contributed by atoms with van der Waals surface area (Å²) in [6.45, 7) is 0. The average molecular weight is 170 g/mol. The molecule has 0 aliphatic heterocycles. The van der Waals surface area contributed by atoms with Crippen LogP contribution in [0.3, 0.4) is 0 Å². The van der Waals surface area contributed by atoms with Gasteiger partial charge in [-0.1, -0.05) is 0 Å². The fraction of sp³-hybridized carbons (Fsp3) is 1.00. The first-order valence-electron chi connectivity index (χ1n) is 4.63. The maximum Gasteiger partial charge on any atom is 0.0568 e. The molecule has 12 heavy (non-hydrogen) atoms. The Morgan fingerprint density at radius 2 is 1.75 bits per heavy atom. The average Bonchev–Trinajstić information content (AvgIpc) is 2.44. The van der Waals surface area contributed by atoms with Crippen LogP contribution >= 0.6 is 0 Å². The minimum atomic E-state index is -0.290. The monoisotopic (exact) mass is 170 g/mol. The Balaban J connectivity index is 2.15. The molecule has 0 aromatic rings. The van der Waals surface area contributed by atoms with Crippen molar-refractivity contribution in [2.24, 2.45) is 40.7 Å². The molecule has 4 heteroatoms. The standard InChI is InChI=1S/C8H18N4/c9-5-2-3-1-4(5)6(7(3)10)8(11)12/h3-8H,1-2,9-12H2. The van der Waals surface area contributed by atoms with Crippen LogP contribution in [0, 0.1) is 17.8 Å². The number of nitrogens with two attached hydrogens (primary N) is 4. The van der Waals surface area contributed by atoms with Crippen molar-refractivity contribution in [3.8, 4) is 0 Å². The van der Waals surface area contributed by atoms with E-state index in [0.717, 1.165) is 12.8 Å². The Bertz CT molecular complexity index is 182. The first-order valence-corrected chi connectivity index (χ1v) is 4.63. The van der Waals surface area contributed by atoms with Gasteiger partial charge in [-0.15, -0.1) is 0 Å². The van der Waals surface area contributed by atoms with Gasteiger partial charge in [-0.3, -0.25) is 0 Å². The van der Waals surface area contributed by atoms with E-state index in [0.29, 0.717) is 11.8 Å². The normalized spacial score (nSPS) is 52.2. The second-order valence-electron chi connectivity index (χ2n) is 4.29. The highest BCUT2D eigenvalue weighted by Gasteiger charge is 2.51. The van der Waals surface area contributed by atoms with Gasteiger partial charge in [-0.2, -0.15) is 0 Å². The number of fused-ring (bicyclic) bond motifs is 2. The lowest BCUT2D eigenvalue weighted by Gasteiger charge is -2.34. The molecule has 4 nitrogen and oxygen atoms in total. The van der Waals surface area contributed by atoms with E-state index in [1.165, 1.54) is 0 Å². The van der Waals surface area contributed by atoms with Crippen LogP contribution in [-0.2, 0) is 0 Å². The second-order valence-corrected chi connectivity index (χ2v) is 4.29. The van der Waals surface area contributed by atoms with Crippen molar-refractivity contribution in [2.45, 2.75) is 31.1 Å². The van der Waals surface area contributed by atoms with E-state index in [1.54, 1.807) is 0 Å². The molecule has 8 N–H and O–H groups in total. The highest BCUT2D eigenvalue weighted by molar-refractivity contribution is 5.06. The SMILES string of the molecule is NC(N)C1C(N)C2CC(N)C1C2. The minimum absolute atomic E-state index is 0.190. The van der Waals surface area contributed by atoms with Gasteiger partial charge in [0.1, 0.15) is 0 Å². The zero-order chi connectivity index (χ0) is 8.88. The third-order valence-corrected chi connectivity index (χ3v) is 3.63. The molecule has 0 spiro atoms. The highest BCUT2D eigenvalue weighted by Crippen LogP contribution is 2.47. The summed E-state index contributed by atoms with van der Waals surface area (Å²) in [6.07, 6.45) is 1.91. The molecule has 2 saturated carbocycles. The van der Waals surface area contributed by atoms with E-state index in [2.05, 4.69) is 0 Å². The molecular formula is C8H18N4. The van der Waals surface area contributed by atoms with Gasteiger partial charge in [0.05, 0.1) is 6.17 Å². The first kappa shape index (κ1) is 8.44. The highest BCUT2D eigenvalue weighted by atomic mass is 14.9. The molecule has 2 bridgehead atoms. The fourth-order valence-electron chi connectivity index (χ4n) is 3.04. The van der Waals surface area contributed by atoms with Crippen LogP contribution in [0.4, 0.5) is 0 Å². The zero-order valence-electron chi connectivity index (χ0n) is 7.19. The van der Waals surface area contributed by atoms with Crippen molar-refractivity contribution in [3.63, 3.8) is 0 Å². The topological polar surface area (TPSA) is 104 Å². The molecule has 0 radical (unpaired) electrons. The van der Waals surface area contributed by atoms with Gasteiger partial charge in [0.2, 0.25) is 0 Å². The Kier molecular flexibility index (Phi) is 1.88. The summed E-state index contributed by atoms with van der Waals surface area (Å²) < 4.78 is 0.